The summed E-state index contributed by atoms with van der Waals surface area (Å²) in [6.45, 7) is 3.09. The van der Waals surface area contributed by atoms with E-state index in [4.69, 9.17) is 4.98 Å². The third-order valence-electron chi connectivity index (χ3n) is 6.26. The SMILES string of the molecule is Cc1ccc(Cn2c(SCC(=O)NCCC3=CCCCC3)nc3c(sc4ncccc43)c2=O)cc1. The van der Waals surface area contributed by atoms with Crippen LogP contribution < -0.4 is 10.9 Å². The number of rotatable bonds is 8. The molecule has 3 heterocycles. The van der Waals surface area contributed by atoms with E-state index < -0.39 is 0 Å². The first-order valence-corrected chi connectivity index (χ1v) is 13.8. The molecule has 0 aliphatic heterocycles. The molecule has 1 aromatic carbocycles. The van der Waals surface area contributed by atoms with Gasteiger partial charge in [0.1, 0.15) is 9.53 Å². The van der Waals surface area contributed by atoms with Gasteiger partial charge in [-0.2, -0.15) is 0 Å². The van der Waals surface area contributed by atoms with Crippen LogP contribution in [0.5, 0.6) is 0 Å². The van der Waals surface area contributed by atoms with Crippen molar-refractivity contribution in [1.29, 1.82) is 0 Å². The fourth-order valence-electron chi connectivity index (χ4n) is 4.34. The van der Waals surface area contributed by atoms with E-state index in [1.807, 2.05) is 43.3 Å². The van der Waals surface area contributed by atoms with E-state index in [0.29, 0.717) is 28.5 Å². The first-order chi connectivity index (χ1) is 17.1. The minimum atomic E-state index is -0.0919. The van der Waals surface area contributed by atoms with Gasteiger partial charge in [0, 0.05) is 18.1 Å². The van der Waals surface area contributed by atoms with Crippen LogP contribution in [0.25, 0.3) is 20.4 Å². The minimum absolute atomic E-state index is 0.0421. The first-order valence-electron chi connectivity index (χ1n) is 12.0. The molecule has 3 aromatic heterocycles. The van der Waals surface area contributed by atoms with Crippen LogP contribution in [0.4, 0.5) is 0 Å². The third-order valence-corrected chi connectivity index (χ3v) is 8.33. The number of thiophene rings is 1. The number of aryl methyl sites for hydroxylation is 1. The molecule has 5 rings (SSSR count). The molecule has 35 heavy (non-hydrogen) atoms. The highest BCUT2D eigenvalue weighted by atomic mass is 32.2. The molecule has 1 aliphatic rings. The summed E-state index contributed by atoms with van der Waals surface area (Å²) in [6.07, 6.45) is 9.76. The Morgan fingerprint density at radius 2 is 2.06 bits per heavy atom. The zero-order valence-electron chi connectivity index (χ0n) is 19.8. The van der Waals surface area contributed by atoms with Gasteiger partial charge < -0.3 is 5.32 Å². The molecule has 0 saturated heterocycles. The number of allylic oxidation sites excluding steroid dienone is 1. The van der Waals surface area contributed by atoms with Crippen LogP contribution in [0.3, 0.4) is 0 Å². The topological polar surface area (TPSA) is 76.9 Å². The number of nitrogens with one attached hydrogen (secondary N) is 1. The fraction of sp³-hybridized carbons (Fsp3) is 0.333. The van der Waals surface area contributed by atoms with Gasteiger partial charge in [0.05, 0.1) is 17.8 Å². The average molecular weight is 505 g/mol. The standard InChI is InChI=1S/C27H28N4O2S2/c1-18-9-11-20(12-10-18)16-31-26(33)24-23(21-8-5-14-29-25(21)35-24)30-27(31)34-17-22(32)28-15-13-19-6-3-2-4-7-19/h5-6,8-12,14H,2-4,7,13,15-17H2,1H3,(H,28,32). The lowest BCUT2D eigenvalue weighted by Crippen LogP contribution is -2.28. The van der Waals surface area contributed by atoms with E-state index in [9.17, 15) is 9.59 Å². The molecule has 4 aromatic rings. The zero-order chi connectivity index (χ0) is 24.2. The highest BCUT2D eigenvalue weighted by Crippen LogP contribution is 2.30. The van der Waals surface area contributed by atoms with Gasteiger partial charge in [-0.3, -0.25) is 14.2 Å². The predicted octanol–water partition coefficient (Wildman–Crippen LogP) is 5.46. The van der Waals surface area contributed by atoms with Crippen molar-refractivity contribution >= 4 is 49.4 Å². The number of aromatic nitrogens is 3. The summed E-state index contributed by atoms with van der Waals surface area (Å²) < 4.78 is 2.29. The number of hydrogen-bond donors (Lipinski definition) is 1. The fourth-order valence-corrected chi connectivity index (χ4v) is 6.19. The molecule has 0 saturated carbocycles. The number of hydrogen-bond acceptors (Lipinski definition) is 6. The van der Waals surface area contributed by atoms with Gasteiger partial charge in [-0.15, -0.1) is 11.3 Å². The molecule has 0 unspecified atom stereocenters. The molecule has 0 atom stereocenters. The van der Waals surface area contributed by atoms with Gasteiger partial charge in [0.25, 0.3) is 5.56 Å². The minimum Gasteiger partial charge on any atom is -0.355 e. The number of carbonyl (C=O) groups is 1. The molecule has 1 N–H and O–H groups in total. The third kappa shape index (κ3) is 5.49. The molecular weight excluding hydrogens is 476 g/mol. The molecule has 1 amide bonds. The van der Waals surface area contributed by atoms with Gasteiger partial charge in [-0.05, 0) is 56.7 Å². The first kappa shape index (κ1) is 23.8. The van der Waals surface area contributed by atoms with Crippen molar-refractivity contribution in [3.8, 4) is 0 Å². The summed E-state index contributed by atoms with van der Waals surface area (Å²) in [6, 6.07) is 11.9. The van der Waals surface area contributed by atoms with Gasteiger partial charge >= 0.3 is 0 Å². The molecule has 0 radical (unpaired) electrons. The van der Waals surface area contributed by atoms with Crippen LogP contribution in [0, 0.1) is 6.92 Å². The van der Waals surface area contributed by atoms with Crippen molar-refractivity contribution in [2.75, 3.05) is 12.3 Å². The van der Waals surface area contributed by atoms with E-state index in [1.165, 1.54) is 47.1 Å². The van der Waals surface area contributed by atoms with Crippen molar-refractivity contribution in [1.82, 2.24) is 19.9 Å². The Morgan fingerprint density at radius 1 is 1.20 bits per heavy atom. The number of pyridine rings is 1. The summed E-state index contributed by atoms with van der Waals surface area (Å²) >= 11 is 2.69. The zero-order valence-corrected chi connectivity index (χ0v) is 21.4. The van der Waals surface area contributed by atoms with Gasteiger partial charge in [0.2, 0.25) is 5.91 Å². The highest BCUT2D eigenvalue weighted by Gasteiger charge is 2.18. The highest BCUT2D eigenvalue weighted by molar-refractivity contribution is 7.99. The van der Waals surface area contributed by atoms with E-state index in [-0.39, 0.29) is 17.2 Å². The maximum absolute atomic E-state index is 13.6. The number of fused-ring (bicyclic) bond motifs is 3. The monoisotopic (exact) mass is 504 g/mol. The number of nitrogens with zero attached hydrogens (tertiary/aromatic N) is 3. The Kier molecular flexibility index (Phi) is 7.29. The van der Waals surface area contributed by atoms with E-state index >= 15 is 0 Å². The number of amides is 1. The van der Waals surface area contributed by atoms with E-state index in [2.05, 4.69) is 16.4 Å². The van der Waals surface area contributed by atoms with Gasteiger partial charge in [-0.1, -0.05) is 53.2 Å². The van der Waals surface area contributed by atoms with Crippen LogP contribution in [0.15, 0.2) is 64.2 Å². The normalized spacial score (nSPS) is 13.8. The number of carbonyl (C=O) groups excluding carboxylic acids is 1. The quantitative estimate of drug-likeness (QED) is 0.196. The summed E-state index contributed by atoms with van der Waals surface area (Å²) in [5, 5.41) is 4.46. The van der Waals surface area contributed by atoms with Crippen LogP contribution in [-0.2, 0) is 11.3 Å². The maximum atomic E-state index is 13.6. The summed E-state index contributed by atoms with van der Waals surface area (Å²) in [5.41, 5.74) is 4.20. The van der Waals surface area contributed by atoms with Crippen LogP contribution in [0.1, 0.15) is 43.2 Å². The van der Waals surface area contributed by atoms with Crippen molar-refractivity contribution in [3.63, 3.8) is 0 Å². The summed E-state index contributed by atoms with van der Waals surface area (Å²) in [4.78, 5) is 36.3. The van der Waals surface area contributed by atoms with Crippen molar-refractivity contribution in [2.45, 2.75) is 50.7 Å². The van der Waals surface area contributed by atoms with Crippen molar-refractivity contribution in [3.05, 3.63) is 75.7 Å². The lowest BCUT2D eigenvalue weighted by atomic mass is 9.97. The average Bonchev–Trinajstić information content (AvgIpc) is 3.25. The van der Waals surface area contributed by atoms with Gasteiger partial charge in [0.15, 0.2) is 5.16 Å². The predicted molar refractivity (Wildman–Crippen MR) is 144 cm³/mol. The van der Waals surface area contributed by atoms with Crippen LogP contribution in [0.2, 0.25) is 0 Å². The van der Waals surface area contributed by atoms with E-state index in [0.717, 1.165) is 35.0 Å². The second-order valence-corrected chi connectivity index (χ2v) is 10.8. The molecule has 180 valence electrons. The molecule has 0 bridgehead atoms. The smallest absolute Gasteiger partial charge is 0.272 e. The van der Waals surface area contributed by atoms with Crippen LogP contribution >= 0.6 is 23.1 Å². The Bertz CT molecular complexity index is 1450. The van der Waals surface area contributed by atoms with Crippen LogP contribution in [-0.4, -0.2) is 32.7 Å². The molecule has 8 heteroatoms. The molecule has 0 fully saturated rings. The molecule has 1 aliphatic carbocycles. The molecule has 6 nitrogen and oxygen atoms in total. The second-order valence-electron chi connectivity index (χ2n) is 8.90. The second kappa shape index (κ2) is 10.7. The lowest BCUT2D eigenvalue weighted by Gasteiger charge is -2.14. The number of benzene rings is 1. The largest absolute Gasteiger partial charge is 0.355 e. The Balaban J connectivity index is 1.39. The van der Waals surface area contributed by atoms with E-state index in [1.54, 1.807) is 10.8 Å². The Hall–Kier alpha value is -2.97. The summed E-state index contributed by atoms with van der Waals surface area (Å²) in [7, 11) is 0. The Labute approximate surface area is 212 Å². The van der Waals surface area contributed by atoms with Gasteiger partial charge in [-0.25, -0.2) is 9.97 Å². The lowest BCUT2D eigenvalue weighted by molar-refractivity contribution is -0.118. The Morgan fingerprint density at radius 3 is 2.86 bits per heavy atom. The molecule has 0 spiro atoms. The maximum Gasteiger partial charge on any atom is 0.272 e. The van der Waals surface area contributed by atoms with Crippen molar-refractivity contribution < 1.29 is 4.79 Å². The summed E-state index contributed by atoms with van der Waals surface area (Å²) in [5.74, 6) is 0.171. The molecular formula is C27H28N4O2S2. The van der Waals surface area contributed by atoms with Crippen molar-refractivity contribution in [2.24, 2.45) is 0 Å². The number of thioether (sulfide) groups is 1.